The molecule has 0 saturated carbocycles. The Hall–Kier alpha value is -3.89. The van der Waals surface area contributed by atoms with E-state index in [4.69, 9.17) is 6.58 Å². The molecular formula is C46H62N3Si+. The van der Waals surface area contributed by atoms with Crippen LogP contribution in [0.3, 0.4) is 0 Å². The van der Waals surface area contributed by atoms with Gasteiger partial charge in [0, 0.05) is 47.1 Å². The summed E-state index contributed by atoms with van der Waals surface area (Å²) in [6, 6.07) is 18.7. The molecule has 0 saturated heterocycles. The van der Waals surface area contributed by atoms with Crippen LogP contribution in [-0.2, 0) is 6.42 Å². The molecule has 3 aromatic rings. The van der Waals surface area contributed by atoms with Crippen molar-refractivity contribution in [3.8, 4) is 11.3 Å². The van der Waals surface area contributed by atoms with Crippen LogP contribution in [0.5, 0.6) is 0 Å². The molecule has 4 heteroatoms. The summed E-state index contributed by atoms with van der Waals surface area (Å²) in [5.74, 6) is 1.24. The van der Waals surface area contributed by atoms with Crippen LogP contribution < -0.4 is 20.0 Å². The molecule has 3 unspecified atom stereocenters. The topological polar surface area (TPSA) is 19.1 Å². The highest BCUT2D eigenvalue weighted by molar-refractivity contribution is 6.89. The van der Waals surface area contributed by atoms with Gasteiger partial charge in [-0.2, -0.15) is 4.57 Å². The maximum Gasteiger partial charge on any atom is 0.213 e. The maximum absolute atomic E-state index is 4.82. The molecule has 0 fully saturated rings. The predicted molar refractivity (Wildman–Crippen MR) is 221 cm³/mol. The molecule has 0 bridgehead atoms. The Morgan fingerprint density at radius 2 is 1.78 bits per heavy atom. The molecule has 3 atom stereocenters. The number of rotatable bonds is 13. The molecule has 0 radical (unpaired) electrons. The number of hydrogen-bond acceptors (Lipinski definition) is 2. The van der Waals surface area contributed by atoms with E-state index in [1.165, 1.54) is 39.1 Å². The molecule has 2 aliphatic rings. The third-order valence-corrected chi connectivity index (χ3v) is 13.1. The first-order chi connectivity index (χ1) is 23.8. The summed E-state index contributed by atoms with van der Waals surface area (Å²) >= 11 is 0. The molecular weight excluding hydrogens is 623 g/mol. The molecule has 1 aromatic heterocycles. The van der Waals surface area contributed by atoms with E-state index in [1.54, 1.807) is 5.19 Å². The van der Waals surface area contributed by atoms with Crippen LogP contribution in [0.1, 0.15) is 101 Å². The van der Waals surface area contributed by atoms with Crippen LogP contribution in [0.4, 0.5) is 11.4 Å². The van der Waals surface area contributed by atoms with Crippen LogP contribution in [0.2, 0.25) is 19.6 Å². The average Bonchev–Trinajstić information content (AvgIpc) is 3.07. The average molecular weight is 685 g/mol. The number of para-hydroxylation sites is 1. The van der Waals surface area contributed by atoms with Gasteiger partial charge in [-0.25, -0.2) is 0 Å². The highest BCUT2D eigenvalue weighted by Crippen LogP contribution is 2.47. The van der Waals surface area contributed by atoms with Crippen molar-refractivity contribution in [2.24, 2.45) is 5.92 Å². The monoisotopic (exact) mass is 684 g/mol. The van der Waals surface area contributed by atoms with Gasteiger partial charge in [-0.15, -0.1) is 0 Å². The minimum absolute atomic E-state index is 0.236. The number of nitrogens with zero attached hydrogens (tertiary/aromatic N) is 2. The minimum Gasteiger partial charge on any atom is -0.354 e. The number of aromatic nitrogens is 1. The number of anilines is 2. The molecule has 0 amide bonds. The summed E-state index contributed by atoms with van der Waals surface area (Å²) in [7, 11) is 0.547. The Balaban J connectivity index is 1.62. The molecule has 2 aliphatic heterocycles. The lowest BCUT2D eigenvalue weighted by Gasteiger charge is -2.36. The molecule has 5 rings (SSSR count). The highest BCUT2D eigenvalue weighted by Gasteiger charge is 2.42. The first kappa shape index (κ1) is 37.4. The largest absolute Gasteiger partial charge is 0.354 e. The van der Waals surface area contributed by atoms with E-state index in [1.807, 2.05) is 6.08 Å². The molecule has 264 valence electrons. The van der Waals surface area contributed by atoms with Crippen LogP contribution in [0.25, 0.3) is 11.3 Å². The predicted octanol–water partition coefficient (Wildman–Crippen LogP) is 11.7. The van der Waals surface area contributed by atoms with Crippen molar-refractivity contribution >= 4 is 24.6 Å². The van der Waals surface area contributed by atoms with Crippen molar-refractivity contribution in [1.29, 1.82) is 0 Å². The van der Waals surface area contributed by atoms with E-state index < -0.39 is 8.07 Å². The summed E-state index contributed by atoms with van der Waals surface area (Å²) in [5, 5.41) is 5.29. The van der Waals surface area contributed by atoms with E-state index in [0.717, 1.165) is 61.3 Å². The Morgan fingerprint density at radius 1 is 1.06 bits per heavy atom. The summed E-state index contributed by atoms with van der Waals surface area (Å²) in [6.45, 7) is 32.3. The van der Waals surface area contributed by atoms with Gasteiger partial charge < -0.3 is 10.2 Å². The van der Waals surface area contributed by atoms with E-state index in [-0.39, 0.29) is 6.04 Å². The number of allylic oxidation sites excluding steroid dienone is 6. The lowest BCUT2D eigenvalue weighted by molar-refractivity contribution is -0.717. The zero-order valence-corrected chi connectivity index (χ0v) is 33.5. The Morgan fingerprint density at radius 3 is 2.44 bits per heavy atom. The van der Waals surface area contributed by atoms with Gasteiger partial charge in [0.1, 0.15) is 0 Å². The zero-order valence-electron chi connectivity index (χ0n) is 32.5. The van der Waals surface area contributed by atoms with Gasteiger partial charge in [0.15, 0.2) is 12.2 Å². The van der Waals surface area contributed by atoms with Crippen molar-refractivity contribution in [2.75, 3.05) is 17.3 Å². The van der Waals surface area contributed by atoms with Crippen LogP contribution >= 0.6 is 0 Å². The van der Waals surface area contributed by atoms with Crippen molar-refractivity contribution in [2.45, 2.75) is 111 Å². The summed E-state index contributed by atoms with van der Waals surface area (Å²) in [5.41, 5.74) is 14.3. The smallest absolute Gasteiger partial charge is 0.213 e. The van der Waals surface area contributed by atoms with E-state index in [9.17, 15) is 0 Å². The lowest BCUT2D eigenvalue weighted by Crippen LogP contribution is -2.54. The van der Waals surface area contributed by atoms with Crippen LogP contribution in [0.15, 0.2) is 115 Å². The van der Waals surface area contributed by atoms with Crippen molar-refractivity contribution < 1.29 is 4.57 Å². The van der Waals surface area contributed by atoms with Crippen molar-refractivity contribution in [1.82, 2.24) is 0 Å². The number of nitrogens with one attached hydrogen (secondary N) is 1. The highest BCUT2D eigenvalue weighted by atomic mass is 28.3. The number of hydrogen-bond donors (Lipinski definition) is 1. The van der Waals surface area contributed by atoms with Gasteiger partial charge in [-0.05, 0) is 72.4 Å². The number of benzene rings is 2. The van der Waals surface area contributed by atoms with Gasteiger partial charge in [-0.1, -0.05) is 128 Å². The molecule has 50 heavy (non-hydrogen) atoms. The third kappa shape index (κ3) is 7.56. The van der Waals surface area contributed by atoms with Crippen molar-refractivity contribution in [3.05, 3.63) is 132 Å². The Bertz CT molecular complexity index is 1820. The standard InChI is InChI=1S/C46H62N3Si/c1-13-19-35(15-3)25-26-41-39-21-16-17-22-40(39)44-29-36(27-31(4)5)45(50(10,11)12)30-49(44)43(41)28-32(6)48(9)42-24-18-23-38-33(7)37(20-14-2)34(8)47-46(38)42/h13,16-24,29-31,33,41,43,47H,1,6,8,14-15,25-28H2,2-5,7,9-12H3/q+1/b35-19+,37-20-. The Labute approximate surface area is 305 Å². The fourth-order valence-corrected chi connectivity index (χ4v) is 10.0. The fraction of sp³-hybridized carbons (Fsp3) is 0.413. The van der Waals surface area contributed by atoms with Crippen molar-refractivity contribution in [3.63, 3.8) is 0 Å². The molecule has 0 aliphatic carbocycles. The molecule has 3 nitrogen and oxygen atoms in total. The fourth-order valence-electron chi connectivity index (χ4n) is 8.37. The number of fused-ring (bicyclic) bond motifs is 4. The second-order valence-electron chi connectivity index (χ2n) is 16.0. The summed E-state index contributed by atoms with van der Waals surface area (Å²) in [4.78, 5) is 2.33. The quantitative estimate of drug-likeness (QED) is 0.110. The summed E-state index contributed by atoms with van der Waals surface area (Å²) < 4.78 is 2.68. The minimum atomic E-state index is -1.65. The van der Waals surface area contributed by atoms with E-state index in [0.29, 0.717) is 17.8 Å². The zero-order chi connectivity index (χ0) is 36.3. The van der Waals surface area contributed by atoms with Gasteiger partial charge >= 0.3 is 0 Å². The van der Waals surface area contributed by atoms with Crippen LogP contribution in [-0.4, -0.2) is 15.1 Å². The first-order valence-electron chi connectivity index (χ1n) is 19.0. The third-order valence-electron chi connectivity index (χ3n) is 11.0. The van der Waals surface area contributed by atoms with Gasteiger partial charge in [0.05, 0.1) is 25.9 Å². The molecule has 1 N–H and O–H groups in total. The Kier molecular flexibility index (Phi) is 11.6. The summed E-state index contributed by atoms with van der Waals surface area (Å²) in [6.07, 6.45) is 15.2. The molecule has 0 spiro atoms. The van der Waals surface area contributed by atoms with Gasteiger partial charge in [0.25, 0.3) is 0 Å². The second-order valence-corrected chi connectivity index (χ2v) is 21.1. The maximum atomic E-state index is 4.82. The second kappa shape index (κ2) is 15.6. The molecule has 2 aromatic carbocycles. The van der Waals surface area contributed by atoms with Gasteiger partial charge in [0.2, 0.25) is 5.69 Å². The SMILES string of the molecule is C=C/C=C(\CC)CCC1c2ccccc2-c2cc(CC(C)C)c([Si](C)(C)C)c[n+]2C1CC(=C)N(C)c1cccc2c1NC(=C)/C(=C\CC)C2C. The van der Waals surface area contributed by atoms with E-state index >= 15 is 0 Å². The van der Waals surface area contributed by atoms with Crippen LogP contribution in [0, 0.1) is 5.92 Å². The molecule has 3 heterocycles. The first-order valence-corrected chi connectivity index (χ1v) is 22.5. The lowest BCUT2D eigenvalue weighted by atomic mass is 9.77. The van der Waals surface area contributed by atoms with E-state index in [2.05, 4.69) is 156 Å². The van der Waals surface area contributed by atoms with Gasteiger partial charge in [-0.3, -0.25) is 0 Å². The number of pyridine rings is 1. The normalized spacial score (nSPS) is 19.5.